The zero-order chi connectivity index (χ0) is 15.0. The van der Waals surface area contributed by atoms with Crippen molar-refractivity contribution in [1.29, 1.82) is 0 Å². The number of hydrogen-bond acceptors (Lipinski definition) is 7. The highest BCUT2D eigenvalue weighted by Crippen LogP contribution is 2.29. The second-order valence-electron chi connectivity index (χ2n) is 4.33. The van der Waals surface area contributed by atoms with E-state index in [2.05, 4.69) is 20.3 Å². The van der Waals surface area contributed by atoms with Gasteiger partial charge in [0.1, 0.15) is 6.20 Å². The van der Waals surface area contributed by atoms with E-state index in [4.69, 9.17) is 10.3 Å². The molecule has 0 aliphatic carbocycles. The van der Waals surface area contributed by atoms with E-state index < -0.39 is 4.92 Å². The van der Waals surface area contributed by atoms with Gasteiger partial charge in [0, 0.05) is 11.3 Å². The third-order valence-electron chi connectivity index (χ3n) is 3.07. The molecule has 3 aromatic rings. The van der Waals surface area contributed by atoms with Gasteiger partial charge < -0.3 is 10.3 Å². The second-order valence-corrected chi connectivity index (χ2v) is 4.33. The minimum Gasteiger partial charge on any atom is -0.398 e. The molecule has 0 aliphatic rings. The van der Waals surface area contributed by atoms with Gasteiger partial charge in [0.15, 0.2) is 0 Å². The number of nitro groups is 1. The first-order valence-corrected chi connectivity index (χ1v) is 5.95. The maximum atomic E-state index is 10.9. The van der Waals surface area contributed by atoms with Crippen LogP contribution in [0.5, 0.6) is 0 Å². The maximum absolute atomic E-state index is 10.9. The number of hydrogen-bond donors (Lipinski definition) is 2. The summed E-state index contributed by atoms with van der Waals surface area (Å²) in [5.41, 5.74) is 7.79. The Morgan fingerprint density at radius 1 is 1.43 bits per heavy atom. The van der Waals surface area contributed by atoms with E-state index in [1.54, 1.807) is 18.2 Å². The molecule has 3 N–H and O–H groups in total. The Balaban J connectivity index is 2.06. The van der Waals surface area contributed by atoms with Crippen LogP contribution in [-0.2, 0) is 0 Å². The zero-order valence-corrected chi connectivity index (χ0v) is 10.9. The predicted octanol–water partition coefficient (Wildman–Crippen LogP) is 1.93. The molecule has 2 aromatic heterocycles. The van der Waals surface area contributed by atoms with Crippen LogP contribution < -0.4 is 5.73 Å². The van der Waals surface area contributed by atoms with Gasteiger partial charge in [0.25, 0.3) is 5.89 Å². The van der Waals surface area contributed by atoms with Crippen LogP contribution in [0.2, 0.25) is 0 Å². The van der Waals surface area contributed by atoms with Crippen molar-refractivity contribution in [3.8, 4) is 23.0 Å². The molecule has 106 valence electrons. The number of benzene rings is 1. The third-order valence-corrected chi connectivity index (χ3v) is 3.07. The van der Waals surface area contributed by atoms with E-state index in [1.807, 2.05) is 6.92 Å². The molecule has 0 fully saturated rings. The summed E-state index contributed by atoms with van der Waals surface area (Å²) in [5.74, 6) is 0.301. The average molecular weight is 286 g/mol. The third kappa shape index (κ3) is 2.10. The van der Waals surface area contributed by atoms with Crippen LogP contribution in [-0.4, -0.2) is 25.3 Å². The van der Waals surface area contributed by atoms with Gasteiger partial charge in [-0.3, -0.25) is 15.2 Å². The SMILES string of the molecule is Cc1c(N)cccc1-c1noc(-c2[nH]ncc2[N+](=O)[O-])n1. The smallest absolute Gasteiger partial charge is 0.319 e. The van der Waals surface area contributed by atoms with Crippen molar-refractivity contribution in [3.63, 3.8) is 0 Å². The number of nitrogen functional groups attached to an aromatic ring is 1. The van der Waals surface area contributed by atoms with Gasteiger partial charge in [0.05, 0.1) is 4.92 Å². The molecule has 3 rings (SSSR count). The molecule has 0 bridgehead atoms. The summed E-state index contributed by atoms with van der Waals surface area (Å²) in [6.45, 7) is 1.83. The van der Waals surface area contributed by atoms with Crippen molar-refractivity contribution >= 4 is 11.4 Å². The van der Waals surface area contributed by atoms with Crippen LogP contribution >= 0.6 is 0 Å². The molecule has 2 heterocycles. The van der Waals surface area contributed by atoms with Gasteiger partial charge in [-0.2, -0.15) is 10.1 Å². The lowest BCUT2D eigenvalue weighted by Gasteiger charge is -2.03. The Hall–Kier alpha value is -3.23. The van der Waals surface area contributed by atoms with Crippen LogP contribution in [0, 0.1) is 17.0 Å². The maximum Gasteiger partial charge on any atom is 0.319 e. The number of anilines is 1. The van der Waals surface area contributed by atoms with E-state index in [1.165, 1.54) is 0 Å². The lowest BCUT2D eigenvalue weighted by molar-refractivity contribution is -0.384. The van der Waals surface area contributed by atoms with E-state index >= 15 is 0 Å². The van der Waals surface area contributed by atoms with Gasteiger partial charge in [-0.1, -0.05) is 17.3 Å². The highest BCUT2D eigenvalue weighted by Gasteiger charge is 2.23. The van der Waals surface area contributed by atoms with Crippen molar-refractivity contribution in [1.82, 2.24) is 20.3 Å². The van der Waals surface area contributed by atoms with Crippen LogP contribution in [0.25, 0.3) is 23.0 Å². The van der Waals surface area contributed by atoms with Crippen LogP contribution in [0.1, 0.15) is 5.56 Å². The molecule has 0 atom stereocenters. The number of nitrogens with one attached hydrogen (secondary N) is 1. The van der Waals surface area contributed by atoms with Gasteiger partial charge in [-0.15, -0.1) is 0 Å². The minimum atomic E-state index is -0.575. The van der Waals surface area contributed by atoms with Crippen LogP contribution in [0.15, 0.2) is 28.9 Å². The summed E-state index contributed by atoms with van der Waals surface area (Å²) in [6, 6.07) is 5.33. The van der Waals surface area contributed by atoms with Crippen LogP contribution in [0.3, 0.4) is 0 Å². The molecule has 0 amide bonds. The lowest BCUT2D eigenvalue weighted by Crippen LogP contribution is -1.93. The van der Waals surface area contributed by atoms with E-state index in [0.29, 0.717) is 17.1 Å². The first-order chi connectivity index (χ1) is 10.1. The fourth-order valence-electron chi connectivity index (χ4n) is 1.91. The fourth-order valence-corrected chi connectivity index (χ4v) is 1.91. The molecule has 0 saturated carbocycles. The number of nitrogens with two attached hydrogens (primary N) is 1. The largest absolute Gasteiger partial charge is 0.398 e. The number of H-pyrrole nitrogens is 1. The van der Waals surface area contributed by atoms with Crippen molar-refractivity contribution < 1.29 is 9.45 Å². The Morgan fingerprint density at radius 3 is 3.00 bits per heavy atom. The number of aromatic nitrogens is 4. The zero-order valence-electron chi connectivity index (χ0n) is 10.9. The van der Waals surface area contributed by atoms with Crippen molar-refractivity contribution in [2.75, 3.05) is 5.73 Å². The summed E-state index contributed by atoms with van der Waals surface area (Å²) in [5, 5.41) is 20.8. The van der Waals surface area contributed by atoms with Crippen molar-refractivity contribution in [2.45, 2.75) is 6.92 Å². The Labute approximate surface area is 117 Å². The molecule has 9 heteroatoms. The average Bonchev–Trinajstić information content (AvgIpc) is 3.09. The summed E-state index contributed by atoms with van der Waals surface area (Å²) >= 11 is 0. The number of rotatable bonds is 3. The van der Waals surface area contributed by atoms with E-state index in [0.717, 1.165) is 11.8 Å². The highest BCUT2D eigenvalue weighted by atomic mass is 16.6. The quantitative estimate of drug-likeness (QED) is 0.426. The van der Waals surface area contributed by atoms with Crippen molar-refractivity contribution in [3.05, 3.63) is 40.1 Å². The van der Waals surface area contributed by atoms with Gasteiger partial charge in [-0.05, 0) is 18.6 Å². The highest BCUT2D eigenvalue weighted by molar-refractivity contribution is 5.69. The minimum absolute atomic E-state index is 0.00368. The molecular weight excluding hydrogens is 276 g/mol. The molecule has 0 aliphatic heterocycles. The molecule has 1 aromatic carbocycles. The normalized spacial score (nSPS) is 10.7. The number of nitrogens with zero attached hydrogens (tertiary/aromatic N) is 4. The van der Waals surface area contributed by atoms with Gasteiger partial charge in [-0.25, -0.2) is 0 Å². The molecule has 21 heavy (non-hydrogen) atoms. The first kappa shape index (κ1) is 12.8. The molecule has 0 spiro atoms. The Morgan fingerprint density at radius 2 is 2.24 bits per heavy atom. The molecule has 9 nitrogen and oxygen atoms in total. The van der Waals surface area contributed by atoms with E-state index in [9.17, 15) is 10.1 Å². The van der Waals surface area contributed by atoms with Crippen molar-refractivity contribution in [2.24, 2.45) is 0 Å². The Kier molecular flexibility index (Phi) is 2.87. The lowest BCUT2D eigenvalue weighted by atomic mass is 10.1. The van der Waals surface area contributed by atoms with Crippen LogP contribution in [0.4, 0.5) is 11.4 Å². The summed E-state index contributed by atoms with van der Waals surface area (Å²) in [7, 11) is 0. The first-order valence-electron chi connectivity index (χ1n) is 5.95. The van der Waals surface area contributed by atoms with Gasteiger partial charge in [0.2, 0.25) is 11.5 Å². The molecule has 0 saturated heterocycles. The molecule has 0 unspecified atom stereocenters. The topological polar surface area (TPSA) is 137 Å². The molecular formula is C12H10N6O3. The Bertz CT molecular complexity index is 822. The molecule has 0 radical (unpaired) electrons. The summed E-state index contributed by atoms with van der Waals surface area (Å²) < 4.78 is 5.07. The predicted molar refractivity (Wildman–Crippen MR) is 73.1 cm³/mol. The monoisotopic (exact) mass is 286 g/mol. The van der Waals surface area contributed by atoms with E-state index in [-0.39, 0.29) is 17.3 Å². The standard InChI is InChI=1S/C12H10N6O3/c1-6-7(3-2-4-8(6)13)11-15-12(21-17-11)10-9(18(19)20)5-14-16-10/h2-5H,13H2,1H3,(H,14,16). The van der Waals surface area contributed by atoms with Gasteiger partial charge >= 0.3 is 5.69 Å². The second kappa shape index (κ2) is 4.71. The summed E-state index contributed by atoms with van der Waals surface area (Å²) in [6.07, 6.45) is 1.09. The summed E-state index contributed by atoms with van der Waals surface area (Å²) in [4.78, 5) is 14.5. The fraction of sp³-hybridized carbons (Fsp3) is 0.0833. The number of aromatic amines is 1.